The lowest BCUT2D eigenvalue weighted by Crippen LogP contribution is -2.52. The smallest absolute Gasteiger partial charge is 0.316 e. The fourth-order valence-electron chi connectivity index (χ4n) is 7.19. The van der Waals surface area contributed by atoms with Crippen LogP contribution in [0.4, 0.5) is 11.5 Å². The van der Waals surface area contributed by atoms with Crippen LogP contribution < -0.4 is 19.9 Å². The van der Waals surface area contributed by atoms with Gasteiger partial charge in [-0.15, -0.1) is 0 Å². The van der Waals surface area contributed by atoms with E-state index in [-0.39, 0.29) is 30.2 Å². The Labute approximate surface area is 243 Å². The molecule has 0 radical (unpaired) electrons. The van der Waals surface area contributed by atoms with E-state index in [9.17, 15) is 4.79 Å². The van der Waals surface area contributed by atoms with Gasteiger partial charge in [-0.1, -0.05) is 19.0 Å². The number of hydrogen-bond acceptors (Lipinski definition) is 10. The molecule has 2 aromatic heterocycles. The van der Waals surface area contributed by atoms with E-state index in [0.29, 0.717) is 17.8 Å². The molecule has 2 aromatic rings. The van der Waals surface area contributed by atoms with E-state index in [4.69, 9.17) is 18.7 Å². The number of rotatable bonds is 9. The molecule has 6 rings (SSSR count). The van der Waals surface area contributed by atoms with Gasteiger partial charge in [-0.05, 0) is 63.4 Å². The predicted molar refractivity (Wildman–Crippen MR) is 155 cm³/mol. The van der Waals surface area contributed by atoms with E-state index < -0.39 is 5.92 Å². The molecule has 1 saturated carbocycles. The number of aromatic nitrogens is 2. The Morgan fingerprint density at radius 2 is 1.66 bits per heavy atom. The van der Waals surface area contributed by atoms with Crippen LogP contribution in [0.5, 0.6) is 5.88 Å². The van der Waals surface area contributed by atoms with E-state index in [1.807, 2.05) is 26.1 Å². The highest BCUT2D eigenvalue weighted by atomic mass is 16.5. The van der Waals surface area contributed by atoms with Crippen molar-refractivity contribution in [1.29, 1.82) is 0 Å². The summed E-state index contributed by atoms with van der Waals surface area (Å²) < 4.78 is 23.5. The maximum Gasteiger partial charge on any atom is 0.316 e. The molecule has 1 N–H and O–H groups in total. The van der Waals surface area contributed by atoms with Gasteiger partial charge in [0.1, 0.15) is 12.0 Å². The van der Waals surface area contributed by atoms with E-state index in [1.54, 1.807) is 0 Å². The first kappa shape index (κ1) is 28.3. The van der Waals surface area contributed by atoms with Crippen LogP contribution in [0.25, 0.3) is 0 Å². The molecule has 0 aromatic carbocycles. The minimum atomic E-state index is -0.441. The second-order valence-electron chi connectivity index (χ2n) is 12.5. The van der Waals surface area contributed by atoms with Crippen LogP contribution >= 0.6 is 0 Å². The van der Waals surface area contributed by atoms with E-state index in [0.717, 1.165) is 76.4 Å². The van der Waals surface area contributed by atoms with Gasteiger partial charge in [0.05, 0.1) is 19.3 Å². The number of piperidine rings is 1. The maximum atomic E-state index is 12.2. The highest BCUT2D eigenvalue weighted by molar-refractivity contribution is 5.77. The lowest BCUT2D eigenvalue weighted by Gasteiger charge is -2.37. The molecule has 10 nitrogen and oxygen atoms in total. The van der Waals surface area contributed by atoms with Crippen molar-refractivity contribution in [3.8, 4) is 5.88 Å². The highest BCUT2D eigenvalue weighted by Crippen LogP contribution is 2.35. The first-order valence-corrected chi connectivity index (χ1v) is 15.5. The Morgan fingerprint density at radius 1 is 0.976 bits per heavy atom. The van der Waals surface area contributed by atoms with Gasteiger partial charge in [0.25, 0.3) is 0 Å². The van der Waals surface area contributed by atoms with Gasteiger partial charge >= 0.3 is 5.97 Å². The third-order valence-electron chi connectivity index (χ3n) is 9.40. The first-order chi connectivity index (χ1) is 20.0. The Bertz CT molecular complexity index is 1140. The summed E-state index contributed by atoms with van der Waals surface area (Å²) in [6.07, 6.45) is 11.1. The number of nitrogens with zero attached hydrogens (tertiary/aromatic N) is 4. The number of esters is 1. The summed E-state index contributed by atoms with van der Waals surface area (Å²) in [5.41, 5.74) is 1.25. The summed E-state index contributed by atoms with van der Waals surface area (Å²) in [5, 5.41) is 7.82. The van der Waals surface area contributed by atoms with Crippen molar-refractivity contribution in [2.45, 2.75) is 102 Å². The minimum absolute atomic E-state index is 0.0664. The second-order valence-corrected chi connectivity index (χ2v) is 12.5. The van der Waals surface area contributed by atoms with Gasteiger partial charge in [0.15, 0.2) is 11.6 Å². The Balaban J connectivity index is 0.945. The molecule has 3 atom stereocenters. The van der Waals surface area contributed by atoms with Gasteiger partial charge in [-0.3, -0.25) is 4.79 Å². The predicted octanol–water partition coefficient (Wildman–Crippen LogP) is 4.30. The molecule has 0 amide bonds. The monoisotopic (exact) mass is 567 g/mol. The molecular weight excluding hydrogens is 522 g/mol. The number of hydrogen-bond donors (Lipinski definition) is 1. The first-order valence-electron chi connectivity index (χ1n) is 15.5. The van der Waals surface area contributed by atoms with Crippen LogP contribution in [0.1, 0.15) is 76.9 Å². The van der Waals surface area contributed by atoms with Gasteiger partial charge < -0.3 is 33.9 Å². The quantitative estimate of drug-likeness (QED) is 0.441. The number of carbonyl (C=O) groups is 1. The molecule has 1 aliphatic carbocycles. The fourth-order valence-corrected chi connectivity index (χ4v) is 7.19. The molecule has 224 valence electrons. The van der Waals surface area contributed by atoms with Crippen molar-refractivity contribution < 1.29 is 23.5 Å². The Kier molecular flexibility index (Phi) is 8.67. The van der Waals surface area contributed by atoms with Gasteiger partial charge in [-0.25, -0.2) is 4.98 Å². The van der Waals surface area contributed by atoms with Gasteiger partial charge in [0.2, 0.25) is 5.88 Å². The lowest BCUT2D eigenvalue weighted by molar-refractivity contribution is -0.144. The average Bonchev–Trinajstić information content (AvgIpc) is 3.56. The number of pyridine rings is 1. The summed E-state index contributed by atoms with van der Waals surface area (Å²) in [6, 6.07) is 7.33. The van der Waals surface area contributed by atoms with Crippen LogP contribution in [0, 0.1) is 5.92 Å². The molecule has 3 saturated heterocycles. The van der Waals surface area contributed by atoms with E-state index in [2.05, 4.69) is 37.4 Å². The minimum Gasteiger partial charge on any atom is -0.474 e. The largest absolute Gasteiger partial charge is 0.474 e. The third-order valence-corrected chi connectivity index (χ3v) is 9.40. The molecule has 4 aliphatic rings. The summed E-state index contributed by atoms with van der Waals surface area (Å²) in [5.74, 6) is 1.44. The number of nitrogens with one attached hydrogen (secondary N) is 1. The van der Waals surface area contributed by atoms with Crippen molar-refractivity contribution in [3.05, 3.63) is 30.2 Å². The summed E-state index contributed by atoms with van der Waals surface area (Å²) >= 11 is 0. The van der Waals surface area contributed by atoms with E-state index in [1.165, 1.54) is 25.6 Å². The van der Waals surface area contributed by atoms with Gasteiger partial charge in [0, 0.05) is 62.3 Å². The second kappa shape index (κ2) is 12.6. The molecule has 2 bridgehead atoms. The normalized spacial score (nSPS) is 27.7. The van der Waals surface area contributed by atoms with Crippen LogP contribution in [-0.4, -0.2) is 79.8 Å². The summed E-state index contributed by atoms with van der Waals surface area (Å²) in [6.45, 7) is 7.81. The van der Waals surface area contributed by atoms with Crippen molar-refractivity contribution in [2.24, 2.45) is 5.92 Å². The zero-order chi connectivity index (χ0) is 28.3. The van der Waals surface area contributed by atoms with Crippen molar-refractivity contribution >= 4 is 17.5 Å². The molecule has 0 spiro atoms. The molecule has 10 heteroatoms. The fraction of sp³-hybridized carbons (Fsp3) is 0.710. The van der Waals surface area contributed by atoms with Crippen molar-refractivity contribution in [3.63, 3.8) is 0 Å². The zero-order valence-corrected chi connectivity index (χ0v) is 24.7. The van der Waals surface area contributed by atoms with Crippen LogP contribution in [-0.2, 0) is 14.3 Å². The number of anilines is 2. The van der Waals surface area contributed by atoms with Crippen molar-refractivity contribution in [1.82, 2.24) is 15.5 Å². The molecule has 5 heterocycles. The van der Waals surface area contributed by atoms with Crippen LogP contribution in [0.2, 0.25) is 0 Å². The lowest BCUT2D eigenvalue weighted by atomic mass is 9.93. The van der Waals surface area contributed by atoms with Gasteiger partial charge in [-0.2, -0.15) is 0 Å². The number of carbonyl (C=O) groups excluding carboxylic acids is 1. The maximum absolute atomic E-state index is 12.2. The number of fused-ring (bicyclic) bond motifs is 2. The Morgan fingerprint density at radius 3 is 2.34 bits per heavy atom. The third kappa shape index (κ3) is 6.33. The molecular formula is C31H45N5O5. The summed E-state index contributed by atoms with van der Waals surface area (Å²) in [4.78, 5) is 21.6. The highest BCUT2D eigenvalue weighted by Gasteiger charge is 2.37. The molecule has 3 aliphatic heterocycles. The molecule has 3 unspecified atom stereocenters. The van der Waals surface area contributed by atoms with Crippen LogP contribution in [0.15, 0.2) is 28.9 Å². The zero-order valence-electron chi connectivity index (χ0n) is 24.7. The standard InChI is InChI=1S/C31H45N5O5/c1-20(2)30(31(37)38-3)27-17-28(34-41-27)35-14-11-26(12-15-35)39-24-6-8-25(9-7-24)40-29-16-21(10-13-33-29)36-22-4-5-23(36)19-32-18-22/h10,13,16-17,20,22-26,30,32H,4-9,11-12,14-15,18-19H2,1-3H3. The van der Waals surface area contributed by atoms with Crippen molar-refractivity contribution in [2.75, 3.05) is 43.1 Å². The average molecular weight is 568 g/mol. The molecule has 41 heavy (non-hydrogen) atoms. The molecule has 4 fully saturated rings. The van der Waals surface area contributed by atoms with Crippen LogP contribution in [0.3, 0.4) is 0 Å². The van der Waals surface area contributed by atoms with E-state index >= 15 is 0 Å². The number of ether oxygens (including phenoxy) is 3. The SMILES string of the molecule is COC(=O)C(c1cc(N2CCC(OC3CCC(Oc4cc(N5C6CCC5CNC6)ccn4)CC3)CC2)no1)C(C)C. The number of piperazine rings is 1. The summed E-state index contributed by atoms with van der Waals surface area (Å²) in [7, 11) is 1.41. The Hall–Kier alpha value is -2.85. The topological polar surface area (TPSA) is 102 Å². The number of methoxy groups -OCH3 is 1.